The third-order valence-electron chi connectivity index (χ3n) is 4.38. The van der Waals surface area contributed by atoms with Gasteiger partial charge < -0.3 is 25.4 Å². The molecule has 0 amide bonds. The number of benzene rings is 1. The van der Waals surface area contributed by atoms with Crippen LogP contribution in [0.15, 0.2) is 12.1 Å². The second-order valence-electron chi connectivity index (χ2n) is 5.68. The maximum absolute atomic E-state index is 10.5. The largest absolute Gasteiger partial charge is 0.507 e. The summed E-state index contributed by atoms with van der Waals surface area (Å²) < 4.78 is 10.4. The molecule has 0 aliphatic heterocycles. The highest BCUT2D eigenvalue weighted by Crippen LogP contribution is 2.40. The van der Waals surface area contributed by atoms with E-state index in [0.29, 0.717) is 17.1 Å². The number of ether oxygens (including phenoxy) is 2. The first-order valence-corrected chi connectivity index (χ1v) is 7.47. The van der Waals surface area contributed by atoms with Crippen LogP contribution in [0.5, 0.6) is 17.2 Å². The van der Waals surface area contributed by atoms with Gasteiger partial charge in [-0.05, 0) is 18.8 Å². The summed E-state index contributed by atoms with van der Waals surface area (Å²) >= 11 is 0. The topological polar surface area (TPSA) is 84.9 Å². The van der Waals surface area contributed by atoms with E-state index in [-0.39, 0.29) is 24.1 Å². The molecule has 126 valence electrons. The molecule has 1 saturated carbocycles. The number of phenols is 1. The summed E-state index contributed by atoms with van der Waals surface area (Å²) in [5.74, 6) is 1.11. The number of nitrogens with two attached hydrogens (primary N) is 1. The van der Waals surface area contributed by atoms with Crippen LogP contribution in [-0.4, -0.2) is 30.5 Å². The van der Waals surface area contributed by atoms with Crippen LogP contribution in [0.25, 0.3) is 0 Å². The molecule has 0 saturated heterocycles. The number of rotatable bonds is 5. The van der Waals surface area contributed by atoms with Gasteiger partial charge >= 0.3 is 0 Å². The first-order chi connectivity index (χ1) is 10.1. The predicted octanol–water partition coefficient (Wildman–Crippen LogP) is 2.77. The average Bonchev–Trinajstić information content (AvgIpc) is 2.53. The van der Waals surface area contributed by atoms with E-state index in [9.17, 15) is 10.2 Å². The molecular formula is C16H26ClNO4. The van der Waals surface area contributed by atoms with Gasteiger partial charge in [0.1, 0.15) is 17.2 Å². The van der Waals surface area contributed by atoms with E-state index in [0.717, 1.165) is 25.7 Å². The fraction of sp³-hybridized carbons (Fsp3) is 0.625. The van der Waals surface area contributed by atoms with E-state index in [4.69, 9.17) is 15.2 Å². The summed E-state index contributed by atoms with van der Waals surface area (Å²) in [6.45, 7) is 0. The minimum absolute atomic E-state index is 0. The van der Waals surface area contributed by atoms with E-state index in [1.807, 2.05) is 0 Å². The van der Waals surface area contributed by atoms with Crippen molar-refractivity contribution in [2.24, 2.45) is 11.7 Å². The number of hydrogen-bond acceptors (Lipinski definition) is 5. The summed E-state index contributed by atoms with van der Waals surface area (Å²) in [6, 6.07) is 2.49. The van der Waals surface area contributed by atoms with Gasteiger partial charge in [0.05, 0.1) is 31.9 Å². The molecule has 5 nitrogen and oxygen atoms in total. The molecule has 0 unspecified atom stereocenters. The lowest BCUT2D eigenvalue weighted by Crippen LogP contribution is -2.34. The van der Waals surface area contributed by atoms with E-state index >= 15 is 0 Å². The Morgan fingerprint density at radius 3 is 2.32 bits per heavy atom. The summed E-state index contributed by atoms with van der Waals surface area (Å²) in [5.41, 5.74) is 6.65. The zero-order valence-corrected chi connectivity index (χ0v) is 13.9. The zero-order chi connectivity index (χ0) is 15.4. The molecule has 4 N–H and O–H groups in total. The van der Waals surface area contributed by atoms with Crippen molar-refractivity contribution in [2.75, 3.05) is 14.2 Å². The van der Waals surface area contributed by atoms with Crippen molar-refractivity contribution in [1.82, 2.24) is 0 Å². The number of aromatic hydroxyl groups is 1. The van der Waals surface area contributed by atoms with Crippen LogP contribution in [0.4, 0.5) is 0 Å². The summed E-state index contributed by atoms with van der Waals surface area (Å²) in [7, 11) is 3.03. The fourth-order valence-corrected chi connectivity index (χ4v) is 3.15. The van der Waals surface area contributed by atoms with Crippen LogP contribution in [0.3, 0.4) is 0 Å². The molecule has 1 aliphatic carbocycles. The van der Waals surface area contributed by atoms with Crippen LogP contribution in [0.1, 0.15) is 43.7 Å². The lowest BCUT2D eigenvalue weighted by Gasteiger charge is -2.31. The molecule has 0 bridgehead atoms. The minimum Gasteiger partial charge on any atom is -0.507 e. The molecule has 0 aromatic heterocycles. The number of aliphatic hydroxyl groups is 1. The first-order valence-electron chi connectivity index (χ1n) is 7.47. The van der Waals surface area contributed by atoms with Crippen LogP contribution < -0.4 is 15.2 Å². The van der Waals surface area contributed by atoms with E-state index < -0.39 is 12.1 Å². The van der Waals surface area contributed by atoms with E-state index in [1.165, 1.54) is 26.7 Å². The van der Waals surface area contributed by atoms with Crippen molar-refractivity contribution < 1.29 is 19.7 Å². The van der Waals surface area contributed by atoms with Crippen LogP contribution in [0, 0.1) is 5.92 Å². The van der Waals surface area contributed by atoms with E-state index in [2.05, 4.69) is 0 Å². The highest BCUT2D eigenvalue weighted by Gasteiger charge is 2.31. The first kappa shape index (κ1) is 18.9. The number of methoxy groups -OCH3 is 2. The molecule has 0 heterocycles. The van der Waals surface area contributed by atoms with Gasteiger partial charge in [0, 0.05) is 12.1 Å². The molecule has 22 heavy (non-hydrogen) atoms. The molecule has 1 aromatic rings. The highest BCUT2D eigenvalue weighted by molar-refractivity contribution is 5.85. The van der Waals surface area contributed by atoms with Gasteiger partial charge in [0.2, 0.25) is 0 Å². The Kier molecular flexibility index (Phi) is 7.26. The van der Waals surface area contributed by atoms with E-state index in [1.54, 1.807) is 6.07 Å². The van der Waals surface area contributed by atoms with Gasteiger partial charge in [0.25, 0.3) is 0 Å². The number of halogens is 1. The number of hydrogen-bond donors (Lipinski definition) is 3. The molecule has 6 heteroatoms. The molecule has 2 atom stereocenters. The van der Waals surface area contributed by atoms with Crippen molar-refractivity contribution >= 4 is 12.4 Å². The maximum Gasteiger partial charge on any atom is 0.131 e. The smallest absolute Gasteiger partial charge is 0.131 e. The molecule has 1 aliphatic rings. The maximum atomic E-state index is 10.5. The molecular weight excluding hydrogens is 306 g/mol. The summed E-state index contributed by atoms with van der Waals surface area (Å²) in [4.78, 5) is 0. The molecule has 0 radical (unpaired) electrons. The third kappa shape index (κ3) is 3.97. The minimum atomic E-state index is -0.682. The number of aliphatic hydroxyl groups excluding tert-OH is 1. The number of phenolic OH excluding ortho intramolecular Hbond substituents is 1. The zero-order valence-electron chi connectivity index (χ0n) is 13.1. The predicted molar refractivity (Wildman–Crippen MR) is 88.0 cm³/mol. The van der Waals surface area contributed by atoms with Crippen molar-refractivity contribution in [2.45, 2.75) is 44.2 Å². The molecule has 1 fully saturated rings. The van der Waals surface area contributed by atoms with Crippen LogP contribution in [0.2, 0.25) is 0 Å². The highest BCUT2D eigenvalue weighted by atomic mass is 35.5. The van der Waals surface area contributed by atoms with Crippen molar-refractivity contribution in [3.63, 3.8) is 0 Å². The lowest BCUT2D eigenvalue weighted by atomic mass is 9.81. The van der Waals surface area contributed by atoms with Gasteiger partial charge in [-0.2, -0.15) is 0 Å². The standard InChI is InChI=1S/C16H25NO4.ClH/c1-20-11-8-12(18)14(13(9-11)21-2)15(17)16(19)10-6-4-3-5-7-10;/h8-10,15-16,18-19H,3-7,17H2,1-2H3;1H/t15-,16+;/m0./s1. The van der Waals surface area contributed by atoms with Crippen LogP contribution >= 0.6 is 12.4 Å². The SMILES string of the molecule is COc1cc(O)c([C@H](N)[C@H](O)C2CCCCC2)c(OC)c1.Cl. The molecule has 1 aromatic carbocycles. The van der Waals surface area contributed by atoms with Crippen molar-refractivity contribution in [1.29, 1.82) is 0 Å². The fourth-order valence-electron chi connectivity index (χ4n) is 3.15. The third-order valence-corrected chi connectivity index (χ3v) is 4.38. The van der Waals surface area contributed by atoms with Gasteiger partial charge in [0.15, 0.2) is 0 Å². The summed E-state index contributed by atoms with van der Waals surface area (Å²) in [6.07, 6.45) is 4.75. The average molecular weight is 332 g/mol. The Morgan fingerprint density at radius 2 is 1.77 bits per heavy atom. The Hall–Kier alpha value is -1.17. The van der Waals surface area contributed by atoms with Crippen LogP contribution in [-0.2, 0) is 0 Å². The lowest BCUT2D eigenvalue weighted by molar-refractivity contribution is 0.0603. The Bertz CT molecular complexity index is 477. The Balaban J connectivity index is 0.00000242. The Morgan fingerprint density at radius 1 is 1.14 bits per heavy atom. The second-order valence-corrected chi connectivity index (χ2v) is 5.68. The van der Waals surface area contributed by atoms with Gasteiger partial charge in [-0.3, -0.25) is 0 Å². The molecule has 2 rings (SSSR count). The Labute approximate surface area is 137 Å². The monoisotopic (exact) mass is 331 g/mol. The van der Waals surface area contributed by atoms with Crippen molar-refractivity contribution in [3.8, 4) is 17.2 Å². The van der Waals surface area contributed by atoms with Crippen molar-refractivity contribution in [3.05, 3.63) is 17.7 Å². The van der Waals surface area contributed by atoms with Gasteiger partial charge in [-0.1, -0.05) is 19.3 Å². The van der Waals surface area contributed by atoms with Gasteiger partial charge in [-0.25, -0.2) is 0 Å². The summed E-state index contributed by atoms with van der Waals surface area (Å²) in [5, 5.41) is 20.7. The van der Waals surface area contributed by atoms with Gasteiger partial charge in [-0.15, -0.1) is 12.4 Å². The molecule has 0 spiro atoms. The second kappa shape index (κ2) is 8.46. The quantitative estimate of drug-likeness (QED) is 0.772. The normalized spacial score (nSPS) is 18.2.